The van der Waals surface area contributed by atoms with Crippen molar-refractivity contribution < 1.29 is 4.42 Å². The molecule has 0 bridgehead atoms. The van der Waals surface area contributed by atoms with Crippen molar-refractivity contribution in [3.05, 3.63) is 218 Å². The van der Waals surface area contributed by atoms with Crippen LogP contribution in [-0.2, 0) is 0 Å². The molecular weight excluding hydrogens is 821 g/mol. The minimum absolute atomic E-state index is 0.558. The second kappa shape index (κ2) is 15.4. The second-order valence-electron chi connectivity index (χ2n) is 16.7. The Morgan fingerprint density at radius 1 is 0.328 bits per heavy atom. The summed E-state index contributed by atoms with van der Waals surface area (Å²) in [5, 5.41) is 8.43. The molecular formula is C60H34N6O. The van der Waals surface area contributed by atoms with Gasteiger partial charge in [0.25, 0.3) is 0 Å². The normalized spacial score (nSPS) is 11.6. The standard InChI is InChI=1S/C60H34N6O/c1-61-53-29-28-42(43-16-5-6-17-44(43)53)36-22-24-37(25-23-36)49-34-51-48-20-11-31-63-57(48)50(35-52(51)47-19-10-30-62-56(47)49)39-14-9-15-40(32-39)59-64-58(38-12-3-2-4-13-38)65-60(66-59)41-26-27-46-45-18-7-8-21-54(45)67-55(46)33-41/h2-35H. The van der Waals surface area contributed by atoms with E-state index in [0.29, 0.717) is 23.2 Å². The summed E-state index contributed by atoms with van der Waals surface area (Å²) in [5.41, 5.74) is 13.0. The molecule has 4 aromatic heterocycles. The first-order valence-corrected chi connectivity index (χ1v) is 22.1. The fourth-order valence-electron chi connectivity index (χ4n) is 9.64. The number of pyridine rings is 2. The van der Waals surface area contributed by atoms with E-state index >= 15 is 0 Å². The largest absolute Gasteiger partial charge is 0.456 e. The first kappa shape index (κ1) is 38.1. The molecule has 0 aliphatic rings. The first-order valence-electron chi connectivity index (χ1n) is 22.1. The molecule has 0 radical (unpaired) electrons. The van der Waals surface area contributed by atoms with Crippen LogP contribution in [0.3, 0.4) is 0 Å². The minimum atomic E-state index is 0.558. The number of fused-ring (bicyclic) bond motifs is 9. The molecule has 9 aromatic carbocycles. The van der Waals surface area contributed by atoms with Gasteiger partial charge in [-0.2, -0.15) is 0 Å². The van der Waals surface area contributed by atoms with Crippen molar-refractivity contribution in [1.82, 2.24) is 24.9 Å². The number of para-hydroxylation sites is 1. The van der Waals surface area contributed by atoms with Crippen molar-refractivity contribution in [2.75, 3.05) is 0 Å². The van der Waals surface area contributed by atoms with Gasteiger partial charge < -0.3 is 4.42 Å². The number of hydrogen-bond donors (Lipinski definition) is 0. The highest BCUT2D eigenvalue weighted by Gasteiger charge is 2.19. The summed E-state index contributed by atoms with van der Waals surface area (Å²) in [6.45, 7) is 7.69. The van der Waals surface area contributed by atoms with Gasteiger partial charge in [0, 0.05) is 61.8 Å². The molecule has 0 saturated carbocycles. The Bertz CT molecular complexity index is 4170. The van der Waals surface area contributed by atoms with Crippen molar-refractivity contribution in [1.29, 1.82) is 0 Å². The molecule has 7 heteroatoms. The van der Waals surface area contributed by atoms with Gasteiger partial charge >= 0.3 is 0 Å². The predicted molar refractivity (Wildman–Crippen MR) is 272 cm³/mol. The quantitative estimate of drug-likeness (QED) is 0.122. The fourth-order valence-corrected chi connectivity index (χ4v) is 9.64. The monoisotopic (exact) mass is 854 g/mol. The summed E-state index contributed by atoms with van der Waals surface area (Å²) in [7, 11) is 0. The SMILES string of the molecule is [C-]#[N+]c1ccc(-c2ccc(-c3cc4c5cccnc5c(-c5cccc(-c6nc(-c7ccccc7)nc(-c7ccc8c(c7)oc7ccccc78)n6)c5)cc4c4cccnc34)cc2)c2ccccc12. The fraction of sp³-hybridized carbons (Fsp3) is 0. The van der Waals surface area contributed by atoms with Gasteiger partial charge in [-0.1, -0.05) is 146 Å². The number of rotatable bonds is 6. The van der Waals surface area contributed by atoms with Gasteiger partial charge in [-0.05, 0) is 92.3 Å². The summed E-state index contributed by atoms with van der Waals surface area (Å²) < 4.78 is 6.28. The number of hydrogen-bond acceptors (Lipinski definition) is 6. The zero-order valence-corrected chi connectivity index (χ0v) is 35.7. The lowest BCUT2D eigenvalue weighted by Gasteiger charge is -2.16. The van der Waals surface area contributed by atoms with E-state index in [1.165, 1.54) is 0 Å². The minimum Gasteiger partial charge on any atom is -0.456 e. The van der Waals surface area contributed by atoms with E-state index in [0.717, 1.165) is 115 Å². The van der Waals surface area contributed by atoms with Crippen LogP contribution >= 0.6 is 0 Å². The summed E-state index contributed by atoms with van der Waals surface area (Å²) >= 11 is 0. The molecule has 0 amide bonds. The molecule has 0 unspecified atom stereocenters. The van der Waals surface area contributed by atoms with Gasteiger partial charge in [-0.3, -0.25) is 9.97 Å². The van der Waals surface area contributed by atoms with Crippen LogP contribution < -0.4 is 0 Å². The third kappa shape index (κ3) is 6.39. The van der Waals surface area contributed by atoms with Gasteiger partial charge in [-0.15, -0.1) is 0 Å². The zero-order valence-electron chi connectivity index (χ0n) is 35.7. The van der Waals surface area contributed by atoms with Crippen LogP contribution in [0.15, 0.2) is 211 Å². The zero-order chi connectivity index (χ0) is 44.4. The van der Waals surface area contributed by atoms with E-state index in [1.54, 1.807) is 0 Å². The van der Waals surface area contributed by atoms with Gasteiger partial charge in [-0.25, -0.2) is 19.8 Å². The van der Waals surface area contributed by atoms with Crippen molar-refractivity contribution in [3.8, 4) is 67.5 Å². The molecule has 0 aliphatic carbocycles. The molecule has 0 saturated heterocycles. The topological polar surface area (TPSA) is 82.0 Å². The van der Waals surface area contributed by atoms with Gasteiger partial charge in [0.1, 0.15) is 11.2 Å². The van der Waals surface area contributed by atoms with Gasteiger partial charge in [0.15, 0.2) is 23.2 Å². The molecule has 310 valence electrons. The van der Waals surface area contributed by atoms with Crippen molar-refractivity contribution >= 4 is 71.0 Å². The van der Waals surface area contributed by atoms with E-state index in [2.05, 4.69) is 108 Å². The van der Waals surface area contributed by atoms with E-state index in [9.17, 15) is 0 Å². The molecule has 0 spiro atoms. The Balaban J connectivity index is 0.939. The maximum Gasteiger partial charge on any atom is 0.194 e. The average molecular weight is 855 g/mol. The lowest BCUT2D eigenvalue weighted by molar-refractivity contribution is 0.669. The molecule has 67 heavy (non-hydrogen) atoms. The van der Waals surface area contributed by atoms with Crippen molar-refractivity contribution in [3.63, 3.8) is 0 Å². The number of nitrogens with zero attached hydrogens (tertiary/aromatic N) is 6. The summed E-state index contributed by atoms with van der Waals surface area (Å²) in [5.74, 6) is 1.71. The molecule has 0 fully saturated rings. The Hall–Kier alpha value is -9.38. The Morgan fingerprint density at radius 2 is 0.851 bits per heavy atom. The average Bonchev–Trinajstić information content (AvgIpc) is 3.78. The van der Waals surface area contributed by atoms with Crippen LogP contribution in [0, 0.1) is 6.57 Å². The number of benzene rings is 9. The van der Waals surface area contributed by atoms with Crippen molar-refractivity contribution in [2.45, 2.75) is 0 Å². The van der Waals surface area contributed by atoms with Crippen LogP contribution in [0.25, 0.3) is 138 Å². The van der Waals surface area contributed by atoms with Crippen LogP contribution in [0.5, 0.6) is 0 Å². The lowest BCUT2D eigenvalue weighted by atomic mass is 9.90. The summed E-state index contributed by atoms with van der Waals surface area (Å²) in [4.78, 5) is 29.0. The first-order chi connectivity index (χ1) is 33.1. The smallest absolute Gasteiger partial charge is 0.194 e. The van der Waals surface area contributed by atoms with Crippen LogP contribution in [-0.4, -0.2) is 24.9 Å². The molecule has 7 nitrogen and oxygen atoms in total. The van der Waals surface area contributed by atoms with Crippen LogP contribution in [0.2, 0.25) is 0 Å². The van der Waals surface area contributed by atoms with Gasteiger partial charge in [0.05, 0.1) is 17.6 Å². The highest BCUT2D eigenvalue weighted by atomic mass is 16.3. The summed E-state index contributed by atoms with van der Waals surface area (Å²) in [6.07, 6.45) is 3.73. The van der Waals surface area contributed by atoms with Crippen LogP contribution in [0.4, 0.5) is 5.69 Å². The third-order valence-electron chi connectivity index (χ3n) is 12.8. The Labute approximate surface area is 384 Å². The second-order valence-corrected chi connectivity index (χ2v) is 16.7. The number of furan rings is 1. The maximum absolute atomic E-state index is 7.69. The van der Waals surface area contributed by atoms with Gasteiger partial charge in [0.2, 0.25) is 0 Å². The molecule has 0 N–H and O–H groups in total. The van der Waals surface area contributed by atoms with E-state index in [1.807, 2.05) is 103 Å². The molecule has 13 rings (SSSR count). The summed E-state index contributed by atoms with van der Waals surface area (Å²) in [6, 6.07) is 66.3. The maximum atomic E-state index is 7.69. The molecule has 0 aliphatic heterocycles. The van der Waals surface area contributed by atoms with E-state index in [4.69, 9.17) is 35.9 Å². The third-order valence-corrected chi connectivity index (χ3v) is 12.8. The van der Waals surface area contributed by atoms with E-state index < -0.39 is 0 Å². The molecule has 13 aromatic rings. The highest BCUT2D eigenvalue weighted by molar-refractivity contribution is 6.22. The Morgan fingerprint density at radius 3 is 1.55 bits per heavy atom. The van der Waals surface area contributed by atoms with Crippen LogP contribution in [0.1, 0.15) is 0 Å². The Kier molecular flexibility index (Phi) is 8.76. The molecule has 0 atom stereocenters. The molecule has 4 heterocycles. The predicted octanol–water partition coefficient (Wildman–Crippen LogP) is 15.7. The van der Waals surface area contributed by atoms with Crippen molar-refractivity contribution in [2.24, 2.45) is 0 Å². The van der Waals surface area contributed by atoms with E-state index in [-0.39, 0.29) is 0 Å². The number of aromatic nitrogens is 5. The lowest BCUT2D eigenvalue weighted by Crippen LogP contribution is -2.00. The highest BCUT2D eigenvalue weighted by Crippen LogP contribution is 2.42.